The molecule has 0 heterocycles. The van der Waals surface area contributed by atoms with Gasteiger partial charge in [-0.15, -0.1) is 0 Å². The van der Waals surface area contributed by atoms with Gasteiger partial charge >= 0.3 is 0 Å². The fraction of sp³-hybridized carbons (Fsp3) is 0.118. The zero-order valence-corrected chi connectivity index (χ0v) is 18.7. The van der Waals surface area contributed by atoms with Crippen LogP contribution in [0.1, 0.15) is 15.9 Å². The van der Waals surface area contributed by atoms with Crippen LogP contribution in [0.4, 0.5) is 0 Å². The number of aryl methyl sites for hydroxylation is 1. The van der Waals surface area contributed by atoms with E-state index in [4.69, 9.17) is 28.6 Å². The SMILES string of the molecule is Cc1cc(Br)cc(Br)c1OCC(=O)NNC(=S)NC(=O)c1ccc(Cl)cc1. The van der Waals surface area contributed by atoms with Gasteiger partial charge in [0.2, 0.25) is 0 Å². The maximum Gasteiger partial charge on any atom is 0.276 e. The van der Waals surface area contributed by atoms with Gasteiger partial charge < -0.3 is 4.74 Å². The number of halogens is 3. The van der Waals surface area contributed by atoms with E-state index in [1.54, 1.807) is 24.3 Å². The highest BCUT2D eigenvalue weighted by molar-refractivity contribution is 9.11. The molecule has 0 bridgehead atoms. The Bertz CT molecular complexity index is 855. The van der Waals surface area contributed by atoms with Gasteiger partial charge in [-0.2, -0.15) is 0 Å². The first-order valence-electron chi connectivity index (χ1n) is 7.50. The van der Waals surface area contributed by atoms with E-state index < -0.39 is 11.8 Å². The van der Waals surface area contributed by atoms with Gasteiger partial charge in [-0.25, -0.2) is 0 Å². The van der Waals surface area contributed by atoms with Crippen molar-refractivity contribution >= 4 is 72.6 Å². The van der Waals surface area contributed by atoms with Crippen LogP contribution in [0.2, 0.25) is 5.02 Å². The van der Waals surface area contributed by atoms with Crippen LogP contribution in [0.3, 0.4) is 0 Å². The molecule has 10 heteroatoms. The lowest BCUT2D eigenvalue weighted by Gasteiger charge is -2.13. The highest BCUT2D eigenvalue weighted by Gasteiger charge is 2.11. The highest BCUT2D eigenvalue weighted by atomic mass is 79.9. The Morgan fingerprint density at radius 1 is 1.15 bits per heavy atom. The van der Waals surface area contributed by atoms with E-state index in [9.17, 15) is 9.59 Å². The number of hydrazine groups is 1. The molecule has 2 amide bonds. The molecule has 27 heavy (non-hydrogen) atoms. The van der Waals surface area contributed by atoms with E-state index in [1.165, 1.54) is 0 Å². The number of amides is 2. The number of hydrogen-bond donors (Lipinski definition) is 3. The van der Waals surface area contributed by atoms with Crippen LogP contribution in [0.15, 0.2) is 45.3 Å². The van der Waals surface area contributed by atoms with Crippen molar-refractivity contribution in [3.8, 4) is 5.75 Å². The fourth-order valence-electron chi connectivity index (χ4n) is 1.98. The lowest BCUT2D eigenvalue weighted by Crippen LogP contribution is -2.49. The molecule has 0 aromatic heterocycles. The number of rotatable bonds is 4. The maximum absolute atomic E-state index is 12.0. The van der Waals surface area contributed by atoms with Gasteiger partial charge in [-0.1, -0.05) is 27.5 Å². The lowest BCUT2D eigenvalue weighted by atomic mass is 10.2. The molecular weight excluding hydrogens is 522 g/mol. The minimum atomic E-state index is -0.465. The first kappa shape index (κ1) is 21.6. The number of hydrogen-bond acceptors (Lipinski definition) is 4. The van der Waals surface area contributed by atoms with Crippen molar-refractivity contribution in [1.82, 2.24) is 16.2 Å². The highest BCUT2D eigenvalue weighted by Crippen LogP contribution is 2.32. The standard InChI is InChI=1S/C17H14Br2ClN3O3S/c1-9-6-11(18)7-13(19)15(9)26-8-14(24)22-23-17(27)21-16(25)10-2-4-12(20)5-3-10/h2-7H,8H2,1H3,(H,22,24)(H2,21,23,25,27). The van der Waals surface area contributed by atoms with Gasteiger partial charge in [0.25, 0.3) is 11.8 Å². The van der Waals surface area contributed by atoms with Crippen molar-refractivity contribution in [2.75, 3.05) is 6.61 Å². The Kier molecular flexibility index (Phi) is 8.03. The molecule has 0 radical (unpaired) electrons. The zero-order chi connectivity index (χ0) is 20.0. The van der Waals surface area contributed by atoms with E-state index in [1.807, 2.05) is 19.1 Å². The van der Waals surface area contributed by atoms with Crippen molar-refractivity contribution in [2.45, 2.75) is 6.92 Å². The summed E-state index contributed by atoms with van der Waals surface area (Å²) >= 11 is 17.5. The number of thiocarbonyl (C=S) groups is 1. The van der Waals surface area contributed by atoms with Crippen molar-refractivity contribution in [1.29, 1.82) is 0 Å². The van der Waals surface area contributed by atoms with Crippen LogP contribution in [-0.4, -0.2) is 23.5 Å². The molecule has 0 spiro atoms. The normalized spacial score (nSPS) is 10.1. The summed E-state index contributed by atoms with van der Waals surface area (Å²) in [5, 5.41) is 2.91. The van der Waals surface area contributed by atoms with Crippen molar-refractivity contribution < 1.29 is 14.3 Å². The smallest absolute Gasteiger partial charge is 0.276 e. The lowest BCUT2D eigenvalue weighted by molar-refractivity contribution is -0.123. The summed E-state index contributed by atoms with van der Waals surface area (Å²) in [6.45, 7) is 1.63. The monoisotopic (exact) mass is 533 g/mol. The average Bonchev–Trinajstić information content (AvgIpc) is 2.59. The molecule has 0 unspecified atom stereocenters. The van der Waals surface area contributed by atoms with Gasteiger partial charge in [0.05, 0.1) is 4.47 Å². The van der Waals surface area contributed by atoms with Crippen LogP contribution in [0.25, 0.3) is 0 Å². The van der Waals surface area contributed by atoms with Crippen LogP contribution in [0, 0.1) is 6.92 Å². The van der Waals surface area contributed by atoms with E-state index in [0.717, 1.165) is 14.5 Å². The van der Waals surface area contributed by atoms with E-state index in [0.29, 0.717) is 16.3 Å². The third-order valence-corrected chi connectivity index (χ3v) is 4.69. The summed E-state index contributed by atoms with van der Waals surface area (Å²) in [6, 6.07) is 10.00. The van der Waals surface area contributed by atoms with E-state index in [2.05, 4.69) is 48.0 Å². The summed E-state index contributed by atoms with van der Waals surface area (Å²) in [5.41, 5.74) is 6.04. The number of benzene rings is 2. The van der Waals surface area contributed by atoms with Gasteiger partial charge in [0.15, 0.2) is 11.7 Å². The summed E-state index contributed by atoms with van der Waals surface area (Å²) in [4.78, 5) is 23.9. The molecule has 3 N–H and O–H groups in total. The van der Waals surface area contributed by atoms with Crippen LogP contribution in [-0.2, 0) is 4.79 Å². The predicted octanol–water partition coefficient (Wildman–Crippen LogP) is 3.89. The number of ether oxygens (including phenoxy) is 1. The molecule has 2 rings (SSSR count). The molecule has 2 aromatic carbocycles. The van der Waals surface area contributed by atoms with Crippen molar-refractivity contribution in [3.05, 3.63) is 61.5 Å². The second-order valence-corrected chi connectivity index (χ2v) is 7.90. The van der Waals surface area contributed by atoms with Gasteiger partial charge in [0, 0.05) is 15.1 Å². The van der Waals surface area contributed by atoms with Gasteiger partial charge in [-0.05, 0) is 77.0 Å². The minimum Gasteiger partial charge on any atom is -0.482 e. The first-order valence-corrected chi connectivity index (χ1v) is 9.87. The summed E-state index contributed by atoms with van der Waals surface area (Å²) in [5.74, 6) is -0.330. The largest absolute Gasteiger partial charge is 0.482 e. The molecule has 0 saturated carbocycles. The maximum atomic E-state index is 12.0. The molecule has 0 atom stereocenters. The Morgan fingerprint density at radius 2 is 1.81 bits per heavy atom. The Labute approximate surface area is 183 Å². The second-order valence-electron chi connectivity index (χ2n) is 5.29. The third-order valence-electron chi connectivity index (χ3n) is 3.19. The van der Waals surface area contributed by atoms with Crippen LogP contribution >= 0.6 is 55.7 Å². The Hall–Kier alpha value is -1.68. The summed E-state index contributed by atoms with van der Waals surface area (Å²) < 4.78 is 7.13. The Morgan fingerprint density at radius 3 is 2.44 bits per heavy atom. The van der Waals surface area contributed by atoms with Gasteiger partial charge in [0.1, 0.15) is 5.75 Å². The molecule has 6 nitrogen and oxygen atoms in total. The quantitative estimate of drug-likeness (QED) is 0.409. The van der Waals surface area contributed by atoms with Crippen LogP contribution < -0.4 is 20.9 Å². The molecule has 0 aliphatic rings. The first-order chi connectivity index (χ1) is 12.8. The molecule has 0 aliphatic carbocycles. The number of carbonyl (C=O) groups excluding carboxylic acids is 2. The fourth-order valence-corrected chi connectivity index (χ4v) is 3.80. The predicted molar refractivity (Wildman–Crippen MR) is 115 cm³/mol. The molecular formula is C17H14Br2ClN3O3S. The van der Waals surface area contributed by atoms with E-state index >= 15 is 0 Å². The second kappa shape index (κ2) is 10.0. The summed E-state index contributed by atoms with van der Waals surface area (Å²) in [7, 11) is 0. The zero-order valence-electron chi connectivity index (χ0n) is 13.9. The minimum absolute atomic E-state index is 0.0516. The van der Waals surface area contributed by atoms with Crippen LogP contribution in [0.5, 0.6) is 5.75 Å². The molecule has 2 aromatic rings. The Balaban J connectivity index is 1.79. The number of nitrogens with one attached hydrogen (secondary N) is 3. The molecule has 0 saturated heterocycles. The van der Waals surface area contributed by atoms with Gasteiger partial charge in [-0.3, -0.25) is 25.8 Å². The van der Waals surface area contributed by atoms with Crippen molar-refractivity contribution in [3.63, 3.8) is 0 Å². The molecule has 142 valence electrons. The number of carbonyl (C=O) groups is 2. The van der Waals surface area contributed by atoms with Crippen molar-refractivity contribution in [2.24, 2.45) is 0 Å². The average molecular weight is 536 g/mol. The topological polar surface area (TPSA) is 79.5 Å². The third kappa shape index (κ3) is 6.76. The summed E-state index contributed by atoms with van der Waals surface area (Å²) in [6.07, 6.45) is 0. The van der Waals surface area contributed by atoms with E-state index in [-0.39, 0.29) is 11.7 Å². The molecule has 0 aliphatic heterocycles. The molecule has 0 fully saturated rings.